The molecule has 0 aliphatic heterocycles. The van der Waals surface area contributed by atoms with Crippen molar-refractivity contribution in [2.45, 2.75) is 27.7 Å². The molecule has 4 heteroatoms. The summed E-state index contributed by atoms with van der Waals surface area (Å²) in [5, 5.41) is 11.6. The predicted octanol–water partition coefficient (Wildman–Crippen LogP) is 1.80. The van der Waals surface area contributed by atoms with Gasteiger partial charge in [0, 0.05) is 38.9 Å². The van der Waals surface area contributed by atoms with Crippen molar-refractivity contribution >= 4 is 5.76 Å². The molecule has 0 aromatic carbocycles. The molecule has 1 rings (SSSR count). The van der Waals surface area contributed by atoms with Crippen molar-refractivity contribution in [2.24, 2.45) is 13.0 Å². The van der Waals surface area contributed by atoms with Gasteiger partial charge in [-0.25, -0.2) is 4.98 Å². The summed E-state index contributed by atoms with van der Waals surface area (Å²) in [6, 6.07) is 0. The van der Waals surface area contributed by atoms with Gasteiger partial charge in [-0.05, 0) is 5.92 Å². The molecule has 0 unspecified atom stereocenters. The normalized spacial score (nSPS) is 12.6. The van der Waals surface area contributed by atoms with Crippen LogP contribution in [0.3, 0.4) is 0 Å². The monoisotopic (exact) mass is 259 g/mol. The van der Waals surface area contributed by atoms with Crippen molar-refractivity contribution in [3.05, 3.63) is 24.3 Å². The molecular weight excluding hydrogens is 242 g/mol. The maximum atomic E-state index is 11.6. The van der Waals surface area contributed by atoms with Gasteiger partial charge in [0.15, 0.2) is 0 Å². The van der Waals surface area contributed by atoms with Gasteiger partial charge in [-0.15, -0.1) is 0 Å². The van der Waals surface area contributed by atoms with E-state index in [9.17, 15) is 5.11 Å². The zero-order valence-corrected chi connectivity index (χ0v) is 12.0. The van der Waals surface area contributed by atoms with Crippen LogP contribution in [0.1, 0.15) is 33.5 Å². The van der Waals surface area contributed by atoms with Gasteiger partial charge in [-0.3, -0.25) is 0 Å². The Bertz CT molecular complexity index is 307. The van der Waals surface area contributed by atoms with Crippen molar-refractivity contribution in [1.82, 2.24) is 9.55 Å². The average molecular weight is 261 g/mol. The Kier molecular flexibility index (Phi) is 8.55. The van der Waals surface area contributed by atoms with E-state index in [0.717, 1.165) is 6.42 Å². The minimum Gasteiger partial charge on any atom is -0.870 e. The van der Waals surface area contributed by atoms with Gasteiger partial charge < -0.3 is 9.67 Å². The standard InChI is InChI=1S/C10H16N2O.CH4.Zn/c1-4-8(2)7-9(13)10-11-5-6-12(10)3;;/h5-8,13H,4H2,1-3H3;1H4;/p-1/b9-7-;;/t8-;;/m1../s1. The van der Waals surface area contributed by atoms with Gasteiger partial charge in [0.05, 0.1) is 0 Å². The molecule has 3 nitrogen and oxygen atoms in total. The number of aromatic nitrogens is 2. The van der Waals surface area contributed by atoms with Crippen molar-refractivity contribution in [2.75, 3.05) is 0 Å². The third kappa shape index (κ3) is 4.61. The molecule has 15 heavy (non-hydrogen) atoms. The fourth-order valence-corrected chi connectivity index (χ4v) is 1.05. The SMILES string of the molecule is C.CC[C@@H](C)/C=C(\[O-])c1nccn1C.[Zn]. The Labute approximate surface area is 105 Å². The van der Waals surface area contributed by atoms with Crippen LogP contribution in [0.4, 0.5) is 0 Å². The van der Waals surface area contributed by atoms with E-state index in [1.807, 2.05) is 14.0 Å². The number of rotatable bonds is 3. The summed E-state index contributed by atoms with van der Waals surface area (Å²) in [6.45, 7) is 4.09. The molecule has 0 amide bonds. The molecule has 0 fully saturated rings. The molecule has 0 radical (unpaired) electrons. The predicted molar refractivity (Wildman–Crippen MR) is 57.4 cm³/mol. The van der Waals surface area contributed by atoms with E-state index < -0.39 is 0 Å². The number of nitrogens with zero attached hydrogens (tertiary/aromatic N) is 2. The number of hydrogen-bond donors (Lipinski definition) is 0. The summed E-state index contributed by atoms with van der Waals surface area (Å²) >= 11 is 0. The topological polar surface area (TPSA) is 40.9 Å². The van der Waals surface area contributed by atoms with Crippen LogP contribution >= 0.6 is 0 Å². The van der Waals surface area contributed by atoms with E-state index in [-0.39, 0.29) is 32.7 Å². The number of allylic oxidation sites excluding steroid dienone is 1. The largest absolute Gasteiger partial charge is 0.870 e. The van der Waals surface area contributed by atoms with Gasteiger partial charge in [-0.1, -0.05) is 39.5 Å². The van der Waals surface area contributed by atoms with Crippen LogP contribution in [0.25, 0.3) is 5.76 Å². The van der Waals surface area contributed by atoms with Crippen LogP contribution in [0.2, 0.25) is 0 Å². The second-order valence-electron chi connectivity index (χ2n) is 3.28. The van der Waals surface area contributed by atoms with Crippen molar-refractivity contribution in [3.8, 4) is 0 Å². The molecule has 0 bridgehead atoms. The molecule has 0 spiro atoms. The number of imidazole rings is 1. The molecule has 1 heterocycles. The summed E-state index contributed by atoms with van der Waals surface area (Å²) < 4.78 is 1.74. The first kappa shape index (κ1) is 16.8. The molecule has 0 aliphatic carbocycles. The van der Waals surface area contributed by atoms with Crippen molar-refractivity contribution in [3.63, 3.8) is 0 Å². The second-order valence-corrected chi connectivity index (χ2v) is 3.28. The van der Waals surface area contributed by atoms with E-state index in [4.69, 9.17) is 0 Å². The summed E-state index contributed by atoms with van der Waals surface area (Å²) in [5.74, 6) is 0.853. The molecule has 0 saturated heterocycles. The van der Waals surface area contributed by atoms with Crippen LogP contribution in [0.15, 0.2) is 18.5 Å². The number of aryl methyl sites for hydroxylation is 1. The van der Waals surface area contributed by atoms with Gasteiger partial charge in [0.25, 0.3) is 0 Å². The fraction of sp³-hybridized carbons (Fsp3) is 0.545. The maximum absolute atomic E-state index is 11.6. The Hall–Kier alpha value is -0.627. The Morgan fingerprint density at radius 3 is 2.67 bits per heavy atom. The smallest absolute Gasteiger partial charge is 0.124 e. The van der Waals surface area contributed by atoms with Gasteiger partial charge in [0.2, 0.25) is 0 Å². The third-order valence-corrected chi connectivity index (χ3v) is 2.12. The van der Waals surface area contributed by atoms with Crippen LogP contribution in [0.5, 0.6) is 0 Å². The quantitative estimate of drug-likeness (QED) is 0.614. The first-order valence-electron chi connectivity index (χ1n) is 4.51. The summed E-state index contributed by atoms with van der Waals surface area (Å²) in [7, 11) is 1.82. The van der Waals surface area contributed by atoms with Gasteiger partial charge >= 0.3 is 0 Å². The Balaban J connectivity index is 0. The van der Waals surface area contributed by atoms with Gasteiger partial charge in [-0.2, -0.15) is 0 Å². The van der Waals surface area contributed by atoms with Crippen LogP contribution in [0, 0.1) is 5.92 Å². The molecule has 1 atom stereocenters. The van der Waals surface area contributed by atoms with Crippen LogP contribution < -0.4 is 5.11 Å². The molecule has 0 saturated carbocycles. The first-order chi connectivity index (χ1) is 6.15. The molecule has 0 N–H and O–H groups in total. The summed E-state index contributed by atoms with van der Waals surface area (Å²) in [5.41, 5.74) is 0. The molecular formula is C11H19N2OZn-. The Morgan fingerprint density at radius 1 is 1.67 bits per heavy atom. The minimum atomic E-state index is 0. The Morgan fingerprint density at radius 2 is 2.27 bits per heavy atom. The third-order valence-electron chi connectivity index (χ3n) is 2.12. The molecule has 82 valence electrons. The summed E-state index contributed by atoms with van der Waals surface area (Å²) in [6.07, 6.45) is 6.12. The van der Waals surface area contributed by atoms with E-state index in [1.54, 1.807) is 23.0 Å². The zero-order valence-electron chi connectivity index (χ0n) is 9.03. The second kappa shape index (κ2) is 7.64. The van der Waals surface area contributed by atoms with E-state index in [0.29, 0.717) is 11.7 Å². The van der Waals surface area contributed by atoms with Crippen molar-refractivity contribution in [1.29, 1.82) is 0 Å². The molecule has 1 aromatic heterocycles. The van der Waals surface area contributed by atoms with E-state index in [1.165, 1.54) is 0 Å². The number of hydrogen-bond acceptors (Lipinski definition) is 2. The van der Waals surface area contributed by atoms with Gasteiger partial charge in [0.1, 0.15) is 5.82 Å². The van der Waals surface area contributed by atoms with Crippen molar-refractivity contribution < 1.29 is 24.6 Å². The first-order valence-corrected chi connectivity index (χ1v) is 4.51. The van der Waals surface area contributed by atoms with E-state index >= 15 is 0 Å². The molecule has 0 aliphatic rings. The molecule has 1 aromatic rings. The van der Waals surface area contributed by atoms with Crippen LogP contribution in [-0.4, -0.2) is 9.55 Å². The zero-order chi connectivity index (χ0) is 9.84. The maximum Gasteiger partial charge on any atom is 0.124 e. The average Bonchev–Trinajstić information content (AvgIpc) is 2.51. The fourth-order valence-electron chi connectivity index (χ4n) is 1.05. The summed E-state index contributed by atoms with van der Waals surface area (Å²) in [4.78, 5) is 3.99. The van der Waals surface area contributed by atoms with E-state index in [2.05, 4.69) is 11.9 Å². The minimum absolute atomic E-state index is 0. The van der Waals surface area contributed by atoms with Crippen LogP contribution in [-0.2, 0) is 26.5 Å².